The number of carbonyl (C=O) groups is 1. The molecule has 3 nitrogen and oxygen atoms in total. The first-order chi connectivity index (χ1) is 16.0. The van der Waals surface area contributed by atoms with Gasteiger partial charge in [-0.15, -0.1) is 0 Å². The third-order valence-electron chi connectivity index (χ3n) is 6.38. The minimum atomic E-state index is 0.0976. The molecule has 2 N–H and O–H groups in total. The van der Waals surface area contributed by atoms with Crippen LogP contribution in [0.15, 0.2) is 72.8 Å². The molecule has 0 fully saturated rings. The number of aromatic amines is 1. The number of para-hydroxylation sites is 1. The van der Waals surface area contributed by atoms with E-state index in [2.05, 4.69) is 84.8 Å². The van der Waals surface area contributed by atoms with Crippen LogP contribution in [0.1, 0.15) is 70.6 Å². The number of Topliss-reactive ketones (excluding diaryl/α,β-unsaturated/α-hetero) is 1. The summed E-state index contributed by atoms with van der Waals surface area (Å²) in [4.78, 5) is 15.9. The molecule has 3 aromatic carbocycles. The van der Waals surface area contributed by atoms with Crippen LogP contribution in [0, 0.1) is 6.92 Å². The van der Waals surface area contributed by atoms with E-state index in [0.29, 0.717) is 0 Å². The van der Waals surface area contributed by atoms with Gasteiger partial charge in [-0.3, -0.25) is 4.79 Å². The second-order valence-corrected chi connectivity index (χ2v) is 8.72. The van der Waals surface area contributed by atoms with Crippen LogP contribution >= 0.6 is 0 Å². The lowest BCUT2D eigenvalue weighted by Crippen LogP contribution is -2.15. The lowest BCUT2D eigenvalue weighted by atomic mass is 9.87. The number of allylic oxidation sites excluding steroid dienone is 1. The molecule has 0 aliphatic carbocycles. The molecule has 0 saturated heterocycles. The van der Waals surface area contributed by atoms with Gasteiger partial charge in [0.25, 0.3) is 0 Å². The van der Waals surface area contributed by atoms with Crippen LogP contribution in [0.25, 0.3) is 17.0 Å². The summed E-state index contributed by atoms with van der Waals surface area (Å²) in [5.41, 5.74) is 9.24. The zero-order chi connectivity index (χ0) is 23.4. The van der Waals surface area contributed by atoms with Crippen LogP contribution < -0.4 is 5.32 Å². The number of hydrogen-bond acceptors (Lipinski definition) is 2. The molecule has 0 spiro atoms. The largest absolute Gasteiger partial charge is 0.357 e. The molecule has 3 heteroatoms. The Balaban J connectivity index is 1.62. The van der Waals surface area contributed by atoms with Crippen molar-refractivity contribution in [3.8, 4) is 0 Å². The van der Waals surface area contributed by atoms with Crippen LogP contribution in [-0.2, 0) is 13.1 Å². The fourth-order valence-electron chi connectivity index (χ4n) is 4.75. The first-order valence-electron chi connectivity index (χ1n) is 11.6. The number of fused-ring (bicyclic) bond motifs is 1. The van der Waals surface area contributed by atoms with E-state index in [1.807, 2.05) is 25.1 Å². The van der Waals surface area contributed by atoms with Gasteiger partial charge < -0.3 is 10.3 Å². The summed E-state index contributed by atoms with van der Waals surface area (Å²) < 4.78 is 0. The second kappa shape index (κ2) is 10.0. The number of hydrogen-bond donors (Lipinski definition) is 2. The maximum Gasteiger partial charge on any atom is 0.160 e. The van der Waals surface area contributed by atoms with Crippen LogP contribution in [0.2, 0.25) is 0 Å². The topological polar surface area (TPSA) is 44.9 Å². The first-order valence-corrected chi connectivity index (χ1v) is 11.6. The number of aromatic nitrogens is 1. The zero-order valence-electron chi connectivity index (χ0n) is 19.9. The predicted octanol–water partition coefficient (Wildman–Crippen LogP) is 7.15. The molecule has 4 rings (SSSR count). The molecular weight excluding hydrogens is 404 g/mol. The van der Waals surface area contributed by atoms with Crippen molar-refractivity contribution < 1.29 is 4.79 Å². The summed E-state index contributed by atoms with van der Waals surface area (Å²) in [5.74, 6) is 0.203. The lowest BCUT2D eigenvalue weighted by Gasteiger charge is -2.17. The van der Waals surface area contributed by atoms with Gasteiger partial charge in [0.1, 0.15) is 0 Å². The van der Waals surface area contributed by atoms with Crippen LogP contribution in [0.5, 0.6) is 0 Å². The fourth-order valence-corrected chi connectivity index (χ4v) is 4.75. The summed E-state index contributed by atoms with van der Waals surface area (Å²) in [7, 11) is 0. The molecule has 0 aliphatic heterocycles. The highest BCUT2D eigenvalue weighted by Crippen LogP contribution is 2.35. The molecule has 0 radical (unpaired) electrons. The van der Waals surface area contributed by atoms with E-state index in [4.69, 9.17) is 0 Å². The Bertz CT molecular complexity index is 1310. The van der Waals surface area contributed by atoms with Gasteiger partial charge in [-0.1, -0.05) is 79.7 Å². The molecular formula is C30H32N2O. The maximum atomic E-state index is 12.3. The quantitative estimate of drug-likeness (QED) is 0.288. The van der Waals surface area contributed by atoms with E-state index in [-0.39, 0.29) is 11.7 Å². The minimum Gasteiger partial charge on any atom is -0.357 e. The second-order valence-electron chi connectivity index (χ2n) is 8.72. The monoisotopic (exact) mass is 436 g/mol. The highest BCUT2D eigenvalue weighted by atomic mass is 16.1. The van der Waals surface area contributed by atoms with E-state index in [9.17, 15) is 4.79 Å². The predicted molar refractivity (Wildman–Crippen MR) is 139 cm³/mol. The molecule has 1 heterocycles. The van der Waals surface area contributed by atoms with Gasteiger partial charge in [-0.25, -0.2) is 0 Å². The van der Waals surface area contributed by atoms with Gasteiger partial charge in [-0.05, 0) is 54.7 Å². The van der Waals surface area contributed by atoms with E-state index >= 15 is 0 Å². The fraction of sp³-hybridized carbons (Fsp3) is 0.233. The van der Waals surface area contributed by atoms with Gasteiger partial charge >= 0.3 is 0 Å². The summed E-state index contributed by atoms with van der Waals surface area (Å²) in [6.45, 7) is 9.57. The summed E-state index contributed by atoms with van der Waals surface area (Å²) in [6, 6.07) is 23.0. The van der Waals surface area contributed by atoms with Crippen molar-refractivity contribution in [1.82, 2.24) is 10.3 Å². The van der Waals surface area contributed by atoms with Gasteiger partial charge in [-0.2, -0.15) is 0 Å². The van der Waals surface area contributed by atoms with E-state index < -0.39 is 0 Å². The lowest BCUT2D eigenvalue weighted by molar-refractivity contribution is 0.101. The Kier molecular flexibility index (Phi) is 6.90. The Morgan fingerprint density at radius 1 is 1.03 bits per heavy atom. The minimum absolute atomic E-state index is 0.0976. The number of nitrogens with one attached hydrogen (secondary N) is 2. The Morgan fingerprint density at radius 2 is 1.79 bits per heavy atom. The number of H-pyrrole nitrogens is 1. The van der Waals surface area contributed by atoms with Crippen LogP contribution in [0.4, 0.5) is 0 Å². The average molecular weight is 437 g/mol. The van der Waals surface area contributed by atoms with Crippen LogP contribution in [0.3, 0.4) is 0 Å². The third kappa shape index (κ3) is 4.84. The summed E-state index contributed by atoms with van der Waals surface area (Å²) in [5, 5.41) is 4.84. The van der Waals surface area contributed by atoms with Crippen molar-refractivity contribution in [3.63, 3.8) is 0 Å². The Labute approximate surface area is 196 Å². The molecule has 1 unspecified atom stereocenters. The molecule has 1 aromatic heterocycles. The molecule has 0 aliphatic rings. The molecule has 33 heavy (non-hydrogen) atoms. The van der Waals surface area contributed by atoms with Crippen molar-refractivity contribution in [2.75, 3.05) is 0 Å². The number of rotatable bonds is 8. The third-order valence-corrected chi connectivity index (χ3v) is 6.38. The SMILES string of the molecule is C/C=C\c1ccc(CNCc2[nH]c3ccccc3c2C(C)c2ccccc2C(C)=O)cc1C. The highest BCUT2D eigenvalue weighted by molar-refractivity contribution is 5.96. The highest BCUT2D eigenvalue weighted by Gasteiger charge is 2.21. The number of benzene rings is 3. The van der Waals surface area contributed by atoms with Gasteiger partial charge in [0, 0.05) is 41.2 Å². The molecule has 0 saturated carbocycles. The number of aryl methyl sites for hydroxylation is 1. The summed E-state index contributed by atoms with van der Waals surface area (Å²) in [6.07, 6.45) is 4.21. The zero-order valence-corrected chi connectivity index (χ0v) is 19.9. The van der Waals surface area contributed by atoms with Crippen molar-refractivity contribution in [2.45, 2.75) is 46.7 Å². The average Bonchev–Trinajstić information content (AvgIpc) is 3.18. The van der Waals surface area contributed by atoms with E-state index in [1.54, 1.807) is 6.92 Å². The van der Waals surface area contributed by atoms with Gasteiger partial charge in [0.15, 0.2) is 5.78 Å². The van der Waals surface area contributed by atoms with Gasteiger partial charge in [0.2, 0.25) is 0 Å². The molecule has 0 amide bonds. The molecule has 1 atom stereocenters. The molecule has 0 bridgehead atoms. The van der Waals surface area contributed by atoms with Gasteiger partial charge in [0.05, 0.1) is 0 Å². The van der Waals surface area contributed by atoms with E-state index in [0.717, 1.165) is 29.7 Å². The smallest absolute Gasteiger partial charge is 0.160 e. The van der Waals surface area contributed by atoms with E-state index in [1.165, 1.54) is 33.3 Å². The first kappa shape index (κ1) is 22.8. The normalized spacial score (nSPS) is 12.5. The standard InChI is InChI=1S/C30H32N2O/c1-5-10-24-16-15-23(17-20(24)2)18-31-19-29-30(27-13-8-9-14-28(27)32-29)21(3)25-11-6-7-12-26(25)22(4)33/h5-17,21,31-32H,18-19H2,1-4H3/b10-5-. The molecule has 168 valence electrons. The molecule has 4 aromatic rings. The van der Waals surface area contributed by atoms with Crippen molar-refractivity contribution >= 4 is 22.8 Å². The van der Waals surface area contributed by atoms with Crippen molar-refractivity contribution in [3.05, 3.63) is 112 Å². The number of carbonyl (C=O) groups excluding carboxylic acids is 1. The Morgan fingerprint density at radius 3 is 2.55 bits per heavy atom. The Hall–Kier alpha value is -3.43. The number of ketones is 1. The van der Waals surface area contributed by atoms with Crippen molar-refractivity contribution in [1.29, 1.82) is 0 Å². The maximum absolute atomic E-state index is 12.3. The van der Waals surface area contributed by atoms with Crippen molar-refractivity contribution in [2.24, 2.45) is 0 Å². The summed E-state index contributed by atoms with van der Waals surface area (Å²) >= 11 is 0. The van der Waals surface area contributed by atoms with Crippen LogP contribution in [-0.4, -0.2) is 10.8 Å².